The summed E-state index contributed by atoms with van der Waals surface area (Å²) >= 11 is 0. The molecule has 2 rings (SSSR count). The third kappa shape index (κ3) is 4.05. The number of rotatable bonds is 5. The molecule has 2 aromatic rings. The molecule has 0 aromatic heterocycles. The highest BCUT2D eigenvalue weighted by molar-refractivity contribution is 5.40. The van der Waals surface area contributed by atoms with Gasteiger partial charge in [0.2, 0.25) is 0 Å². The van der Waals surface area contributed by atoms with Crippen LogP contribution in [0.1, 0.15) is 30.0 Å². The van der Waals surface area contributed by atoms with Crippen molar-refractivity contribution in [1.82, 2.24) is 0 Å². The number of ether oxygens (including phenoxy) is 1. The molecule has 0 radical (unpaired) electrons. The predicted octanol–water partition coefficient (Wildman–Crippen LogP) is 4.51. The van der Waals surface area contributed by atoms with Gasteiger partial charge in [-0.1, -0.05) is 30.7 Å². The maximum absolute atomic E-state index is 14.1. The van der Waals surface area contributed by atoms with E-state index in [1.54, 1.807) is 6.07 Å². The Hall–Kier alpha value is -1.87. The van der Waals surface area contributed by atoms with Crippen molar-refractivity contribution in [2.24, 2.45) is 5.73 Å². The number of nitrogens with two attached hydrogens (primary N) is 1. The second-order valence-electron chi connectivity index (χ2n) is 5.51. The van der Waals surface area contributed by atoms with Gasteiger partial charge in [0.25, 0.3) is 0 Å². The molecule has 0 aliphatic carbocycles. The van der Waals surface area contributed by atoms with E-state index < -0.39 is 0 Å². The van der Waals surface area contributed by atoms with Gasteiger partial charge in [0.15, 0.2) is 11.6 Å². The van der Waals surface area contributed by atoms with Crippen molar-refractivity contribution in [2.75, 3.05) is 0 Å². The van der Waals surface area contributed by atoms with Crippen molar-refractivity contribution in [2.45, 2.75) is 39.7 Å². The van der Waals surface area contributed by atoms with Crippen molar-refractivity contribution >= 4 is 0 Å². The van der Waals surface area contributed by atoms with Gasteiger partial charge in [0, 0.05) is 6.04 Å². The maximum atomic E-state index is 14.1. The monoisotopic (exact) mass is 287 g/mol. The lowest BCUT2D eigenvalue weighted by Gasteiger charge is -2.12. The fourth-order valence-corrected chi connectivity index (χ4v) is 2.23. The summed E-state index contributed by atoms with van der Waals surface area (Å²) in [7, 11) is 0. The average Bonchev–Trinajstić information content (AvgIpc) is 2.44. The Morgan fingerprint density at radius 3 is 2.43 bits per heavy atom. The van der Waals surface area contributed by atoms with Crippen molar-refractivity contribution in [1.29, 1.82) is 0 Å². The first-order valence-electron chi connectivity index (χ1n) is 7.28. The van der Waals surface area contributed by atoms with E-state index in [2.05, 4.69) is 0 Å². The van der Waals surface area contributed by atoms with Gasteiger partial charge < -0.3 is 10.5 Å². The fourth-order valence-electron chi connectivity index (χ4n) is 2.23. The lowest BCUT2D eigenvalue weighted by molar-refractivity contribution is 0.438. The van der Waals surface area contributed by atoms with Crippen LogP contribution < -0.4 is 10.5 Å². The fraction of sp³-hybridized carbons (Fsp3) is 0.333. The van der Waals surface area contributed by atoms with Crippen LogP contribution in [0.5, 0.6) is 11.5 Å². The van der Waals surface area contributed by atoms with Gasteiger partial charge in [-0.3, -0.25) is 0 Å². The highest BCUT2D eigenvalue weighted by atomic mass is 19.1. The van der Waals surface area contributed by atoms with E-state index in [-0.39, 0.29) is 17.6 Å². The molecule has 0 spiro atoms. The van der Waals surface area contributed by atoms with Crippen molar-refractivity contribution in [3.63, 3.8) is 0 Å². The van der Waals surface area contributed by atoms with Crippen LogP contribution in [0, 0.1) is 19.7 Å². The smallest absolute Gasteiger partial charge is 0.165 e. The molecule has 2 nitrogen and oxygen atoms in total. The molecule has 1 unspecified atom stereocenters. The number of hydrogen-bond acceptors (Lipinski definition) is 2. The van der Waals surface area contributed by atoms with Crippen LogP contribution in [0.3, 0.4) is 0 Å². The molecule has 112 valence electrons. The highest BCUT2D eigenvalue weighted by Crippen LogP contribution is 2.28. The number of aryl methyl sites for hydroxylation is 2. The van der Waals surface area contributed by atoms with E-state index in [0.29, 0.717) is 12.2 Å². The molecule has 0 saturated carbocycles. The molecule has 0 aliphatic rings. The Morgan fingerprint density at radius 1 is 1.10 bits per heavy atom. The molecular weight excluding hydrogens is 265 g/mol. The summed E-state index contributed by atoms with van der Waals surface area (Å²) in [6, 6.07) is 11.0. The first-order valence-corrected chi connectivity index (χ1v) is 7.28. The van der Waals surface area contributed by atoms with Crippen LogP contribution in [-0.4, -0.2) is 6.04 Å². The number of hydrogen-bond donors (Lipinski definition) is 1. The Bertz CT molecular complexity index is 625. The Labute approximate surface area is 125 Å². The third-order valence-corrected chi connectivity index (χ3v) is 3.57. The first-order chi connectivity index (χ1) is 9.99. The predicted molar refractivity (Wildman–Crippen MR) is 84.4 cm³/mol. The summed E-state index contributed by atoms with van der Waals surface area (Å²) in [5.41, 5.74) is 8.94. The minimum Gasteiger partial charge on any atom is -0.454 e. The van der Waals surface area contributed by atoms with Gasteiger partial charge in [0.1, 0.15) is 5.75 Å². The molecule has 3 heteroatoms. The molecule has 0 heterocycles. The van der Waals surface area contributed by atoms with Crippen LogP contribution in [0.25, 0.3) is 0 Å². The molecular formula is C18H22FNO. The van der Waals surface area contributed by atoms with Gasteiger partial charge in [-0.25, -0.2) is 4.39 Å². The van der Waals surface area contributed by atoms with E-state index >= 15 is 0 Å². The zero-order valence-electron chi connectivity index (χ0n) is 12.8. The number of benzene rings is 2. The van der Waals surface area contributed by atoms with Gasteiger partial charge in [-0.05, 0) is 56.0 Å². The van der Waals surface area contributed by atoms with Crippen LogP contribution in [-0.2, 0) is 6.42 Å². The summed E-state index contributed by atoms with van der Waals surface area (Å²) < 4.78 is 19.8. The van der Waals surface area contributed by atoms with E-state index in [1.165, 1.54) is 6.07 Å². The molecule has 1 atom stereocenters. The summed E-state index contributed by atoms with van der Waals surface area (Å²) in [5, 5.41) is 0. The standard InChI is InChI=1S/C18H22FNO/c1-4-15(20)10-14-6-8-18(16(19)11-14)21-17-7-5-12(2)9-13(17)3/h5-9,11,15H,4,10,20H2,1-3H3. The van der Waals surface area contributed by atoms with E-state index in [9.17, 15) is 4.39 Å². The SMILES string of the molecule is CCC(N)Cc1ccc(Oc2ccc(C)cc2C)c(F)c1. The van der Waals surface area contributed by atoms with E-state index in [1.807, 2.05) is 45.0 Å². The zero-order chi connectivity index (χ0) is 15.4. The van der Waals surface area contributed by atoms with Gasteiger partial charge >= 0.3 is 0 Å². The maximum Gasteiger partial charge on any atom is 0.165 e. The van der Waals surface area contributed by atoms with Crippen LogP contribution >= 0.6 is 0 Å². The Kier molecular flexibility index (Phi) is 4.97. The molecule has 2 N–H and O–H groups in total. The molecule has 0 aliphatic heterocycles. The minimum atomic E-state index is -0.351. The Morgan fingerprint density at radius 2 is 1.81 bits per heavy atom. The van der Waals surface area contributed by atoms with Gasteiger partial charge in [-0.2, -0.15) is 0 Å². The lowest BCUT2D eigenvalue weighted by Crippen LogP contribution is -2.21. The molecule has 0 amide bonds. The van der Waals surface area contributed by atoms with Crippen LogP contribution in [0.4, 0.5) is 4.39 Å². The zero-order valence-corrected chi connectivity index (χ0v) is 12.8. The van der Waals surface area contributed by atoms with Crippen molar-refractivity contribution in [3.05, 3.63) is 58.9 Å². The molecule has 0 bridgehead atoms. The minimum absolute atomic E-state index is 0.0653. The van der Waals surface area contributed by atoms with Gasteiger partial charge in [-0.15, -0.1) is 0 Å². The first kappa shape index (κ1) is 15.5. The summed E-state index contributed by atoms with van der Waals surface area (Å²) in [6.45, 7) is 6.00. The molecule has 0 saturated heterocycles. The summed E-state index contributed by atoms with van der Waals surface area (Å²) in [6.07, 6.45) is 1.56. The molecule has 21 heavy (non-hydrogen) atoms. The summed E-state index contributed by atoms with van der Waals surface area (Å²) in [4.78, 5) is 0. The number of halogens is 1. The second kappa shape index (κ2) is 6.72. The largest absolute Gasteiger partial charge is 0.454 e. The topological polar surface area (TPSA) is 35.2 Å². The lowest BCUT2D eigenvalue weighted by atomic mass is 10.0. The van der Waals surface area contributed by atoms with Gasteiger partial charge in [0.05, 0.1) is 0 Å². The van der Waals surface area contributed by atoms with E-state index in [0.717, 1.165) is 23.1 Å². The second-order valence-corrected chi connectivity index (χ2v) is 5.51. The molecule has 2 aromatic carbocycles. The van der Waals surface area contributed by atoms with E-state index in [4.69, 9.17) is 10.5 Å². The highest BCUT2D eigenvalue weighted by Gasteiger charge is 2.09. The average molecular weight is 287 g/mol. The van der Waals surface area contributed by atoms with Crippen LogP contribution in [0.15, 0.2) is 36.4 Å². The normalized spacial score (nSPS) is 12.2. The Balaban J connectivity index is 2.17. The summed E-state index contributed by atoms with van der Waals surface area (Å²) in [5.74, 6) is 0.573. The third-order valence-electron chi connectivity index (χ3n) is 3.57. The van der Waals surface area contributed by atoms with Crippen molar-refractivity contribution < 1.29 is 9.13 Å². The van der Waals surface area contributed by atoms with Crippen molar-refractivity contribution in [3.8, 4) is 11.5 Å². The molecule has 0 fully saturated rings. The quantitative estimate of drug-likeness (QED) is 0.877. The van der Waals surface area contributed by atoms with Crippen LogP contribution in [0.2, 0.25) is 0 Å².